The van der Waals surface area contributed by atoms with Gasteiger partial charge in [0.1, 0.15) is 18.0 Å². The summed E-state index contributed by atoms with van der Waals surface area (Å²) in [6.07, 6.45) is 0. The van der Waals surface area contributed by atoms with Crippen LogP contribution in [0.2, 0.25) is 0 Å². The van der Waals surface area contributed by atoms with Crippen molar-refractivity contribution in [3.8, 4) is 17.2 Å². The van der Waals surface area contributed by atoms with E-state index in [-0.39, 0.29) is 12.1 Å². The third-order valence-electron chi connectivity index (χ3n) is 5.31. The predicted molar refractivity (Wildman–Crippen MR) is 123 cm³/mol. The topological polar surface area (TPSA) is 87.4 Å². The van der Waals surface area contributed by atoms with Crippen molar-refractivity contribution in [1.29, 1.82) is 0 Å². The zero-order valence-electron chi connectivity index (χ0n) is 18.7. The Balaban J connectivity index is 1.76. The summed E-state index contributed by atoms with van der Waals surface area (Å²) in [4.78, 5) is 25.8. The maximum absolute atomic E-state index is 13.9. The molecule has 170 valence electrons. The molecule has 0 atom stereocenters. The molecule has 0 aliphatic heterocycles. The predicted octanol–water partition coefficient (Wildman–Crippen LogP) is 3.60. The van der Waals surface area contributed by atoms with E-state index in [4.69, 9.17) is 9.47 Å². The Labute approximate surface area is 189 Å². The van der Waals surface area contributed by atoms with Crippen LogP contribution in [0.1, 0.15) is 11.3 Å². The van der Waals surface area contributed by atoms with Gasteiger partial charge in [-0.15, -0.1) is 0 Å². The van der Waals surface area contributed by atoms with Crippen LogP contribution in [0.3, 0.4) is 0 Å². The van der Waals surface area contributed by atoms with Crippen LogP contribution in [0.25, 0.3) is 16.7 Å². The summed E-state index contributed by atoms with van der Waals surface area (Å²) in [6, 6.07) is 12.4. The summed E-state index contributed by atoms with van der Waals surface area (Å²) < 4.78 is 27.2. The SMILES string of the molecule is COc1ccc(NC(=O)Cn2c(=O)cc(C)c3c(C)nn(-c4cccc(F)c4)c32)cc1OC. The maximum Gasteiger partial charge on any atom is 0.252 e. The number of anilines is 1. The molecule has 4 aromatic rings. The number of benzene rings is 2. The molecule has 0 aliphatic rings. The average Bonchev–Trinajstić information content (AvgIpc) is 3.14. The van der Waals surface area contributed by atoms with E-state index in [1.807, 2.05) is 13.8 Å². The minimum atomic E-state index is -0.429. The van der Waals surface area contributed by atoms with E-state index >= 15 is 0 Å². The van der Waals surface area contributed by atoms with Crippen molar-refractivity contribution in [1.82, 2.24) is 14.3 Å². The van der Waals surface area contributed by atoms with Gasteiger partial charge < -0.3 is 14.8 Å². The van der Waals surface area contributed by atoms with Gasteiger partial charge in [-0.3, -0.25) is 14.2 Å². The van der Waals surface area contributed by atoms with Crippen molar-refractivity contribution in [3.05, 3.63) is 76.0 Å². The molecule has 0 fully saturated rings. The largest absolute Gasteiger partial charge is 0.493 e. The van der Waals surface area contributed by atoms with Gasteiger partial charge in [-0.1, -0.05) is 6.07 Å². The number of pyridine rings is 1. The quantitative estimate of drug-likeness (QED) is 0.485. The first-order valence-electron chi connectivity index (χ1n) is 10.2. The number of carbonyl (C=O) groups is 1. The Hall–Kier alpha value is -4.14. The second kappa shape index (κ2) is 8.78. The first-order valence-corrected chi connectivity index (χ1v) is 10.2. The highest BCUT2D eigenvalue weighted by Gasteiger charge is 2.19. The van der Waals surface area contributed by atoms with Crippen LogP contribution in [-0.4, -0.2) is 34.5 Å². The number of aromatic nitrogens is 3. The Kier molecular flexibility index (Phi) is 5.87. The minimum Gasteiger partial charge on any atom is -0.493 e. The fraction of sp³-hybridized carbons (Fsp3) is 0.208. The molecule has 1 N–H and O–H groups in total. The number of nitrogens with zero attached hydrogens (tertiary/aromatic N) is 3. The van der Waals surface area contributed by atoms with E-state index in [1.165, 1.54) is 41.7 Å². The van der Waals surface area contributed by atoms with Gasteiger partial charge in [-0.2, -0.15) is 5.10 Å². The minimum absolute atomic E-state index is 0.260. The van der Waals surface area contributed by atoms with E-state index in [9.17, 15) is 14.0 Å². The number of halogens is 1. The molecular weight excluding hydrogens is 427 g/mol. The third-order valence-corrected chi connectivity index (χ3v) is 5.31. The summed E-state index contributed by atoms with van der Waals surface area (Å²) in [5.74, 6) is 0.145. The van der Waals surface area contributed by atoms with Gasteiger partial charge in [0.15, 0.2) is 11.5 Å². The molecule has 0 saturated carbocycles. The number of hydrogen-bond acceptors (Lipinski definition) is 5. The second-order valence-electron chi connectivity index (χ2n) is 7.55. The molecule has 0 unspecified atom stereocenters. The molecule has 2 aromatic heterocycles. The number of methoxy groups -OCH3 is 2. The van der Waals surface area contributed by atoms with Gasteiger partial charge >= 0.3 is 0 Å². The van der Waals surface area contributed by atoms with E-state index in [0.717, 1.165) is 10.9 Å². The van der Waals surface area contributed by atoms with Crippen LogP contribution < -0.4 is 20.3 Å². The zero-order valence-corrected chi connectivity index (χ0v) is 18.7. The van der Waals surface area contributed by atoms with Crippen LogP contribution in [0.15, 0.2) is 53.3 Å². The van der Waals surface area contributed by atoms with Crippen molar-refractivity contribution in [2.24, 2.45) is 0 Å². The first-order chi connectivity index (χ1) is 15.8. The highest BCUT2D eigenvalue weighted by atomic mass is 19.1. The Morgan fingerprint density at radius 1 is 1.06 bits per heavy atom. The van der Waals surface area contributed by atoms with Gasteiger partial charge in [0.25, 0.3) is 5.56 Å². The van der Waals surface area contributed by atoms with E-state index in [2.05, 4.69) is 10.4 Å². The molecular formula is C24H23FN4O4. The number of ether oxygens (including phenoxy) is 2. The van der Waals surface area contributed by atoms with Crippen LogP contribution in [0, 0.1) is 19.7 Å². The number of aryl methyl sites for hydroxylation is 2. The Morgan fingerprint density at radius 2 is 1.82 bits per heavy atom. The molecule has 0 bridgehead atoms. The molecule has 0 radical (unpaired) electrons. The van der Waals surface area contributed by atoms with Gasteiger partial charge in [-0.05, 0) is 49.7 Å². The molecule has 0 aliphatic carbocycles. The van der Waals surface area contributed by atoms with Crippen molar-refractivity contribution in [3.63, 3.8) is 0 Å². The normalized spacial score (nSPS) is 10.9. The number of hydrogen-bond donors (Lipinski definition) is 1. The van der Waals surface area contributed by atoms with E-state index < -0.39 is 11.7 Å². The Morgan fingerprint density at radius 3 is 2.52 bits per heavy atom. The van der Waals surface area contributed by atoms with E-state index in [0.29, 0.717) is 34.2 Å². The van der Waals surface area contributed by atoms with Gasteiger partial charge in [0, 0.05) is 23.2 Å². The first kappa shape index (κ1) is 22.1. The highest BCUT2D eigenvalue weighted by Crippen LogP contribution is 2.30. The molecule has 1 amide bonds. The number of carbonyl (C=O) groups excluding carboxylic acids is 1. The lowest BCUT2D eigenvalue weighted by atomic mass is 10.1. The van der Waals surface area contributed by atoms with Crippen molar-refractivity contribution in [2.45, 2.75) is 20.4 Å². The second-order valence-corrected chi connectivity index (χ2v) is 7.55. The van der Waals surface area contributed by atoms with Crippen LogP contribution in [0.5, 0.6) is 11.5 Å². The number of rotatable bonds is 6. The number of fused-ring (bicyclic) bond motifs is 1. The van der Waals surface area contributed by atoms with Gasteiger partial charge in [0.2, 0.25) is 5.91 Å². The summed E-state index contributed by atoms with van der Waals surface area (Å²) in [7, 11) is 3.02. The van der Waals surface area contributed by atoms with Crippen LogP contribution in [-0.2, 0) is 11.3 Å². The summed E-state index contributed by atoms with van der Waals surface area (Å²) >= 11 is 0. The van der Waals surface area contributed by atoms with Crippen LogP contribution in [0.4, 0.5) is 10.1 Å². The third kappa shape index (κ3) is 4.17. The van der Waals surface area contributed by atoms with Gasteiger partial charge in [0.05, 0.1) is 25.6 Å². The lowest BCUT2D eigenvalue weighted by Crippen LogP contribution is -2.29. The molecule has 0 spiro atoms. The fourth-order valence-corrected chi connectivity index (χ4v) is 3.86. The standard InChI is InChI=1S/C24H23FN4O4/c1-14-10-22(31)28(13-21(30)26-17-8-9-19(32-3)20(12-17)33-4)24-23(14)15(2)27-29(24)18-7-5-6-16(25)11-18/h5-12H,13H2,1-4H3,(H,26,30). The van der Waals surface area contributed by atoms with Crippen molar-refractivity contribution >= 4 is 22.6 Å². The van der Waals surface area contributed by atoms with Crippen molar-refractivity contribution < 1.29 is 18.7 Å². The summed E-state index contributed by atoms with van der Waals surface area (Å²) in [5, 5.41) is 8.03. The van der Waals surface area contributed by atoms with E-state index in [1.54, 1.807) is 30.3 Å². The smallest absolute Gasteiger partial charge is 0.252 e. The van der Waals surface area contributed by atoms with Crippen molar-refractivity contribution in [2.75, 3.05) is 19.5 Å². The maximum atomic E-state index is 13.9. The molecule has 4 rings (SSSR count). The van der Waals surface area contributed by atoms with Gasteiger partial charge in [-0.25, -0.2) is 9.07 Å². The summed E-state index contributed by atoms with van der Waals surface area (Å²) in [5.41, 5.74) is 2.40. The number of nitrogens with one attached hydrogen (secondary N) is 1. The zero-order chi connectivity index (χ0) is 23.7. The lowest BCUT2D eigenvalue weighted by molar-refractivity contribution is -0.116. The summed E-state index contributed by atoms with van der Waals surface area (Å²) in [6.45, 7) is 3.36. The highest BCUT2D eigenvalue weighted by molar-refractivity contribution is 5.92. The molecule has 33 heavy (non-hydrogen) atoms. The van der Waals surface area contributed by atoms with Crippen LogP contribution >= 0.6 is 0 Å². The monoisotopic (exact) mass is 450 g/mol. The fourth-order valence-electron chi connectivity index (χ4n) is 3.86. The number of amides is 1. The Bertz CT molecular complexity index is 1420. The molecule has 2 heterocycles. The molecule has 2 aromatic carbocycles. The lowest BCUT2D eigenvalue weighted by Gasteiger charge is -2.13. The molecule has 0 saturated heterocycles. The average molecular weight is 450 g/mol. The molecule has 9 heteroatoms. The molecule has 8 nitrogen and oxygen atoms in total.